The highest BCUT2D eigenvalue weighted by atomic mass is 16.4. The number of aryl methyl sites for hydroxylation is 1. The van der Waals surface area contributed by atoms with Crippen molar-refractivity contribution in [1.29, 1.82) is 0 Å². The van der Waals surface area contributed by atoms with Gasteiger partial charge in [-0.2, -0.15) is 0 Å². The normalized spacial score (nSPS) is 12.4. The smallest absolute Gasteiger partial charge is 0.326 e. The van der Waals surface area contributed by atoms with E-state index >= 15 is 0 Å². The summed E-state index contributed by atoms with van der Waals surface area (Å²) in [5.41, 5.74) is 1.96. The van der Waals surface area contributed by atoms with Crippen molar-refractivity contribution in [1.82, 2.24) is 9.88 Å². The molecule has 0 radical (unpaired) electrons. The Hall–Kier alpha value is -2.56. The van der Waals surface area contributed by atoms with Crippen LogP contribution >= 0.6 is 0 Å². The number of aromatic nitrogens is 1. The van der Waals surface area contributed by atoms with Gasteiger partial charge in [-0.25, -0.2) is 4.79 Å². The van der Waals surface area contributed by atoms with Gasteiger partial charge in [-0.3, -0.25) is 4.79 Å². The summed E-state index contributed by atoms with van der Waals surface area (Å²) in [5.74, 6) is -1.16. The second kappa shape index (κ2) is 17.0. The van der Waals surface area contributed by atoms with E-state index in [1.807, 2.05) is 41.9 Å². The largest absolute Gasteiger partial charge is 0.480 e. The molecule has 0 saturated carbocycles. The summed E-state index contributed by atoms with van der Waals surface area (Å²) in [5, 5.41) is 13.4. The molecule has 0 aliphatic carbocycles. The maximum Gasteiger partial charge on any atom is 0.326 e. The van der Waals surface area contributed by atoms with Gasteiger partial charge < -0.3 is 15.0 Å². The summed E-state index contributed by atoms with van der Waals surface area (Å²) in [6.07, 6.45) is 21.1. The van der Waals surface area contributed by atoms with E-state index in [-0.39, 0.29) is 12.3 Å². The van der Waals surface area contributed by atoms with Gasteiger partial charge in [0.2, 0.25) is 5.91 Å². The van der Waals surface area contributed by atoms with E-state index in [0.29, 0.717) is 6.42 Å². The molecule has 2 N–H and O–H groups in total. The Morgan fingerprint density at radius 3 is 2.14 bits per heavy atom. The molecule has 0 aliphatic rings. The summed E-state index contributed by atoms with van der Waals surface area (Å²) < 4.78 is 2.00. The van der Waals surface area contributed by atoms with Crippen LogP contribution < -0.4 is 5.32 Å². The van der Waals surface area contributed by atoms with Crippen LogP contribution in [0.2, 0.25) is 0 Å². The highest BCUT2D eigenvalue weighted by molar-refractivity contribution is 5.84. The molecule has 1 heterocycles. The summed E-state index contributed by atoms with van der Waals surface area (Å²) in [6.45, 7) is 2.26. The zero-order valence-corrected chi connectivity index (χ0v) is 21.9. The maximum absolute atomic E-state index is 12.3. The number of hydrogen-bond donors (Lipinski definition) is 2. The lowest BCUT2D eigenvalue weighted by Gasteiger charge is -2.15. The molecule has 2 rings (SSSR count). The maximum atomic E-state index is 12.3. The predicted octanol–water partition coefficient (Wildman–Crippen LogP) is 7.33. The predicted molar refractivity (Wildman–Crippen MR) is 146 cm³/mol. The van der Waals surface area contributed by atoms with Crippen LogP contribution in [-0.2, 0) is 23.1 Å². The summed E-state index contributed by atoms with van der Waals surface area (Å²) in [6, 6.07) is 9.06. The van der Waals surface area contributed by atoms with Crippen LogP contribution in [0.5, 0.6) is 0 Å². The van der Waals surface area contributed by atoms with E-state index in [0.717, 1.165) is 42.3 Å². The second-order valence-electron chi connectivity index (χ2n) is 9.75. The first-order valence-corrected chi connectivity index (χ1v) is 13.7. The van der Waals surface area contributed by atoms with Crippen LogP contribution in [0.3, 0.4) is 0 Å². The second-order valence-corrected chi connectivity index (χ2v) is 9.75. The highest BCUT2D eigenvalue weighted by Gasteiger charge is 2.22. The van der Waals surface area contributed by atoms with Crippen molar-refractivity contribution in [2.45, 2.75) is 109 Å². The van der Waals surface area contributed by atoms with Crippen molar-refractivity contribution in [2.24, 2.45) is 7.05 Å². The van der Waals surface area contributed by atoms with Gasteiger partial charge in [-0.05, 0) is 49.6 Å². The molecule has 0 aliphatic heterocycles. The minimum absolute atomic E-state index is 0.172. The molecule has 0 saturated heterocycles. The van der Waals surface area contributed by atoms with Crippen LogP contribution in [0.15, 0.2) is 42.5 Å². The average molecular weight is 483 g/mol. The molecular weight excluding hydrogens is 436 g/mol. The number of carbonyl (C=O) groups excluding carboxylic acids is 1. The number of nitrogens with zero attached hydrogens (tertiary/aromatic N) is 1. The molecule has 0 spiro atoms. The highest BCUT2D eigenvalue weighted by Crippen LogP contribution is 2.19. The molecular formula is C30H46N2O3. The number of hydrogen-bond acceptors (Lipinski definition) is 2. The van der Waals surface area contributed by atoms with E-state index in [1.54, 1.807) is 0 Å². The number of carbonyl (C=O) groups is 2. The Balaban J connectivity index is 1.55. The lowest BCUT2D eigenvalue weighted by atomic mass is 10.1. The van der Waals surface area contributed by atoms with E-state index in [9.17, 15) is 14.7 Å². The molecule has 5 heteroatoms. The number of fused-ring (bicyclic) bond motifs is 1. The number of nitrogens with one attached hydrogen (secondary N) is 1. The third-order valence-corrected chi connectivity index (χ3v) is 6.76. The minimum atomic E-state index is -0.992. The molecule has 1 amide bonds. The van der Waals surface area contributed by atoms with E-state index in [4.69, 9.17) is 0 Å². The molecule has 1 aromatic carbocycles. The first kappa shape index (κ1) is 28.7. The minimum Gasteiger partial charge on any atom is -0.480 e. The van der Waals surface area contributed by atoms with Crippen LogP contribution in [0, 0.1) is 0 Å². The molecule has 0 bridgehead atoms. The zero-order chi connectivity index (χ0) is 25.3. The fourth-order valence-corrected chi connectivity index (χ4v) is 4.57. The van der Waals surface area contributed by atoms with Crippen LogP contribution in [0.25, 0.3) is 10.9 Å². The fraction of sp³-hybridized carbons (Fsp3) is 0.600. The number of carboxylic acids is 1. The third-order valence-electron chi connectivity index (χ3n) is 6.76. The lowest BCUT2D eigenvalue weighted by molar-refractivity contribution is -0.141. The number of para-hydroxylation sites is 1. The first-order valence-electron chi connectivity index (χ1n) is 13.7. The standard InChI is InChI=1S/C30H46N2O3/c1-3-4-5-6-7-8-9-10-11-12-13-14-15-16-17-22-29(33)31-27(30(34)35)24-26-23-25-20-18-19-21-28(25)32(26)2/h10-11,18-21,23,27H,3-9,12-17,22,24H2,1-2H3,(H,31,33)(H,34,35)/b11-10+. The Kier molecular flexibility index (Phi) is 13.9. The van der Waals surface area contributed by atoms with Gasteiger partial charge in [0, 0.05) is 31.1 Å². The van der Waals surface area contributed by atoms with Crippen molar-refractivity contribution in [3.63, 3.8) is 0 Å². The molecule has 35 heavy (non-hydrogen) atoms. The van der Waals surface area contributed by atoms with Crippen molar-refractivity contribution in [2.75, 3.05) is 0 Å². The summed E-state index contributed by atoms with van der Waals surface area (Å²) in [4.78, 5) is 24.1. The molecule has 2 aromatic rings. The van der Waals surface area contributed by atoms with Crippen molar-refractivity contribution in [3.8, 4) is 0 Å². The van der Waals surface area contributed by atoms with Crippen molar-refractivity contribution in [3.05, 3.63) is 48.2 Å². The van der Waals surface area contributed by atoms with Crippen LogP contribution in [0.1, 0.15) is 103 Å². The van der Waals surface area contributed by atoms with Gasteiger partial charge >= 0.3 is 5.97 Å². The molecule has 1 aromatic heterocycles. The Morgan fingerprint density at radius 2 is 1.51 bits per heavy atom. The van der Waals surface area contributed by atoms with Gasteiger partial charge in [0.25, 0.3) is 0 Å². The number of unbranched alkanes of at least 4 members (excludes halogenated alkanes) is 11. The van der Waals surface area contributed by atoms with Crippen LogP contribution in [0.4, 0.5) is 0 Å². The Morgan fingerprint density at radius 1 is 0.914 bits per heavy atom. The third kappa shape index (κ3) is 11.1. The lowest BCUT2D eigenvalue weighted by Crippen LogP contribution is -2.42. The fourth-order valence-electron chi connectivity index (χ4n) is 4.57. The summed E-state index contributed by atoms with van der Waals surface area (Å²) in [7, 11) is 1.93. The zero-order valence-electron chi connectivity index (χ0n) is 21.9. The number of rotatable bonds is 19. The molecule has 0 fully saturated rings. The molecule has 1 unspecified atom stereocenters. The Labute approximate surface area is 212 Å². The van der Waals surface area contributed by atoms with Gasteiger partial charge in [0.05, 0.1) is 0 Å². The van der Waals surface area contributed by atoms with E-state index in [1.165, 1.54) is 57.8 Å². The SMILES string of the molecule is CCCCCCCC/C=C/CCCCCCCC(=O)NC(Cc1cc2ccccc2n1C)C(=O)O. The number of carboxylic acid groups (broad SMARTS) is 1. The van der Waals surface area contributed by atoms with Crippen molar-refractivity contribution >= 4 is 22.8 Å². The molecule has 5 nitrogen and oxygen atoms in total. The van der Waals surface area contributed by atoms with Gasteiger partial charge in [0.1, 0.15) is 6.04 Å². The number of amides is 1. The Bertz CT molecular complexity index is 915. The van der Waals surface area contributed by atoms with E-state index < -0.39 is 12.0 Å². The molecule has 194 valence electrons. The first-order chi connectivity index (χ1) is 17.0. The topological polar surface area (TPSA) is 71.3 Å². The average Bonchev–Trinajstić information content (AvgIpc) is 3.16. The van der Waals surface area contributed by atoms with Crippen molar-refractivity contribution < 1.29 is 14.7 Å². The van der Waals surface area contributed by atoms with Gasteiger partial charge in [-0.1, -0.05) is 88.6 Å². The quantitative estimate of drug-likeness (QED) is 0.163. The molecule has 1 atom stereocenters. The van der Waals surface area contributed by atoms with Gasteiger partial charge in [0.15, 0.2) is 0 Å². The van der Waals surface area contributed by atoms with Crippen LogP contribution in [-0.4, -0.2) is 27.6 Å². The number of aliphatic carboxylic acids is 1. The van der Waals surface area contributed by atoms with Gasteiger partial charge in [-0.15, -0.1) is 0 Å². The summed E-state index contributed by atoms with van der Waals surface area (Å²) >= 11 is 0. The van der Waals surface area contributed by atoms with E-state index in [2.05, 4.69) is 24.4 Å². The monoisotopic (exact) mass is 482 g/mol. The number of allylic oxidation sites excluding steroid dienone is 2. The number of benzene rings is 1.